The maximum Gasteiger partial charge on any atom is 0.150 e. The van der Waals surface area contributed by atoms with Crippen molar-refractivity contribution in [1.82, 2.24) is 14.8 Å². The molecule has 0 aliphatic heterocycles. The summed E-state index contributed by atoms with van der Waals surface area (Å²) >= 11 is 1.67. The van der Waals surface area contributed by atoms with E-state index < -0.39 is 0 Å². The maximum absolute atomic E-state index is 11.8. The van der Waals surface area contributed by atoms with Crippen molar-refractivity contribution in [3.8, 4) is 0 Å². The summed E-state index contributed by atoms with van der Waals surface area (Å²) in [5, 5.41) is 4.12. The number of hydrogen-bond donors (Lipinski definition) is 0. The molecule has 1 aromatic heterocycles. The molecular weight excluding hydrogens is 234 g/mol. The highest BCUT2D eigenvalue weighted by Crippen LogP contribution is 2.23. The topological polar surface area (TPSA) is 47.8 Å². The Balaban J connectivity index is 2.54. The Morgan fingerprint density at radius 1 is 1.47 bits per heavy atom. The van der Waals surface area contributed by atoms with Crippen LogP contribution in [0.4, 0.5) is 0 Å². The summed E-state index contributed by atoms with van der Waals surface area (Å²) in [6.45, 7) is 10.4. The predicted octanol–water partition coefficient (Wildman–Crippen LogP) is 2.50. The summed E-state index contributed by atoms with van der Waals surface area (Å²) in [6.07, 6.45) is 1.89. The first-order valence-corrected chi connectivity index (χ1v) is 6.82. The molecule has 0 unspecified atom stereocenters. The van der Waals surface area contributed by atoms with Crippen molar-refractivity contribution in [1.29, 1.82) is 0 Å². The van der Waals surface area contributed by atoms with Gasteiger partial charge in [0.05, 0.1) is 12.2 Å². The Morgan fingerprint density at radius 3 is 2.65 bits per heavy atom. The molecule has 1 rings (SSSR count). The highest BCUT2D eigenvalue weighted by Gasteiger charge is 2.16. The third kappa shape index (κ3) is 4.89. The van der Waals surface area contributed by atoms with E-state index in [2.05, 4.69) is 30.9 Å². The molecule has 0 amide bonds. The van der Waals surface area contributed by atoms with Gasteiger partial charge in [0.25, 0.3) is 0 Å². The largest absolute Gasteiger partial charge is 0.298 e. The Labute approximate surface area is 107 Å². The maximum atomic E-state index is 11.8. The second-order valence-electron chi connectivity index (χ2n) is 5.33. The van der Waals surface area contributed by atoms with Crippen molar-refractivity contribution in [2.24, 2.45) is 0 Å². The second-order valence-corrected chi connectivity index (χ2v) is 7.13. The molecule has 0 spiro atoms. The van der Waals surface area contributed by atoms with Gasteiger partial charge in [0.1, 0.15) is 17.9 Å². The van der Waals surface area contributed by atoms with Gasteiger partial charge in [0, 0.05) is 10.8 Å². The Bertz CT molecular complexity index is 379. The molecule has 96 valence electrons. The zero-order chi connectivity index (χ0) is 13.1. The first kappa shape index (κ1) is 14.2. The number of aromatic nitrogens is 3. The summed E-state index contributed by atoms with van der Waals surface area (Å²) in [5.41, 5.74) is 0. The SMILES string of the molecule is CC(C)n1ncnc1CC(=O)CSC(C)(C)C. The molecule has 0 atom stereocenters. The number of carbonyl (C=O) groups excluding carboxylic acids is 1. The highest BCUT2D eigenvalue weighted by molar-refractivity contribution is 8.01. The van der Waals surface area contributed by atoms with E-state index in [0.29, 0.717) is 12.2 Å². The van der Waals surface area contributed by atoms with Crippen molar-refractivity contribution in [3.63, 3.8) is 0 Å². The van der Waals surface area contributed by atoms with Crippen LogP contribution in [0, 0.1) is 0 Å². The fourth-order valence-electron chi connectivity index (χ4n) is 1.36. The average Bonchev–Trinajstić information content (AvgIpc) is 2.62. The number of rotatable bonds is 5. The van der Waals surface area contributed by atoms with E-state index in [9.17, 15) is 4.79 Å². The molecule has 4 nitrogen and oxygen atoms in total. The fraction of sp³-hybridized carbons (Fsp3) is 0.750. The molecular formula is C12H21N3OS. The molecule has 0 aliphatic carbocycles. The minimum atomic E-state index is 0.126. The van der Waals surface area contributed by atoms with Gasteiger partial charge in [-0.2, -0.15) is 5.10 Å². The molecule has 0 N–H and O–H groups in total. The van der Waals surface area contributed by atoms with Crippen molar-refractivity contribution in [2.75, 3.05) is 5.75 Å². The summed E-state index contributed by atoms with van der Waals surface area (Å²) in [4.78, 5) is 16.0. The number of hydrogen-bond acceptors (Lipinski definition) is 4. The van der Waals surface area contributed by atoms with Crippen LogP contribution < -0.4 is 0 Å². The Kier molecular flexibility index (Phi) is 4.74. The summed E-state index contributed by atoms with van der Waals surface area (Å²) in [7, 11) is 0. The summed E-state index contributed by atoms with van der Waals surface area (Å²) in [5.74, 6) is 1.51. The number of carbonyl (C=O) groups is 1. The van der Waals surface area contributed by atoms with Gasteiger partial charge in [-0.15, -0.1) is 11.8 Å². The monoisotopic (exact) mass is 255 g/mol. The van der Waals surface area contributed by atoms with Crippen molar-refractivity contribution >= 4 is 17.5 Å². The van der Waals surface area contributed by atoms with Gasteiger partial charge in [-0.05, 0) is 13.8 Å². The molecule has 1 aromatic rings. The molecule has 0 fully saturated rings. The molecule has 0 radical (unpaired) electrons. The number of Topliss-reactive ketones (excluding diaryl/α,β-unsaturated/α-hetero) is 1. The quantitative estimate of drug-likeness (QED) is 0.811. The molecule has 0 bridgehead atoms. The van der Waals surface area contributed by atoms with Crippen LogP contribution in [0.3, 0.4) is 0 Å². The third-order valence-corrected chi connectivity index (χ3v) is 3.49. The van der Waals surface area contributed by atoms with Gasteiger partial charge in [-0.25, -0.2) is 9.67 Å². The van der Waals surface area contributed by atoms with E-state index in [-0.39, 0.29) is 16.6 Å². The van der Waals surface area contributed by atoms with E-state index in [1.807, 2.05) is 13.8 Å². The molecule has 5 heteroatoms. The lowest BCUT2D eigenvalue weighted by Gasteiger charge is -2.16. The fourth-order valence-corrected chi connectivity index (χ4v) is 2.05. The molecule has 1 heterocycles. The van der Waals surface area contributed by atoms with Crippen LogP contribution in [-0.2, 0) is 11.2 Å². The third-order valence-electron chi connectivity index (χ3n) is 2.16. The van der Waals surface area contributed by atoms with Gasteiger partial charge in [-0.3, -0.25) is 4.79 Å². The average molecular weight is 255 g/mol. The molecule has 0 aromatic carbocycles. The summed E-state index contributed by atoms with van der Waals surface area (Å²) < 4.78 is 1.93. The Hall–Kier alpha value is -0.840. The molecule has 0 saturated heterocycles. The second kappa shape index (κ2) is 5.67. The first-order chi connectivity index (χ1) is 7.79. The van der Waals surface area contributed by atoms with Crippen molar-refractivity contribution < 1.29 is 4.79 Å². The van der Waals surface area contributed by atoms with Crippen molar-refractivity contribution in [2.45, 2.75) is 51.8 Å². The smallest absolute Gasteiger partial charge is 0.150 e. The van der Waals surface area contributed by atoms with Gasteiger partial charge in [0.15, 0.2) is 0 Å². The zero-order valence-corrected chi connectivity index (χ0v) is 12.0. The molecule has 0 saturated carbocycles. The van der Waals surface area contributed by atoms with E-state index >= 15 is 0 Å². The molecule has 0 aliphatic rings. The first-order valence-electron chi connectivity index (χ1n) is 5.83. The number of ketones is 1. The van der Waals surface area contributed by atoms with Gasteiger partial charge in [-0.1, -0.05) is 20.8 Å². The van der Waals surface area contributed by atoms with Crippen LogP contribution in [0.1, 0.15) is 46.5 Å². The molecule has 17 heavy (non-hydrogen) atoms. The minimum Gasteiger partial charge on any atom is -0.298 e. The summed E-state index contributed by atoms with van der Waals surface area (Å²) in [6, 6.07) is 0.246. The van der Waals surface area contributed by atoms with E-state index in [4.69, 9.17) is 0 Å². The van der Waals surface area contributed by atoms with Crippen LogP contribution in [-0.4, -0.2) is 31.0 Å². The Morgan fingerprint density at radius 2 is 2.12 bits per heavy atom. The van der Waals surface area contributed by atoms with Crippen molar-refractivity contribution in [3.05, 3.63) is 12.2 Å². The zero-order valence-electron chi connectivity index (χ0n) is 11.2. The van der Waals surface area contributed by atoms with Gasteiger partial charge < -0.3 is 0 Å². The highest BCUT2D eigenvalue weighted by atomic mass is 32.2. The lowest BCUT2D eigenvalue weighted by atomic mass is 10.2. The standard InChI is InChI=1S/C12H21N3OS/c1-9(2)15-11(13-8-14-15)6-10(16)7-17-12(3,4)5/h8-9H,6-7H2,1-5H3. The normalized spacial score (nSPS) is 12.1. The van der Waals surface area contributed by atoms with Crippen LogP contribution in [0.5, 0.6) is 0 Å². The predicted molar refractivity (Wildman–Crippen MR) is 71.3 cm³/mol. The van der Waals surface area contributed by atoms with Crippen LogP contribution >= 0.6 is 11.8 Å². The van der Waals surface area contributed by atoms with Crippen LogP contribution in [0.15, 0.2) is 6.33 Å². The van der Waals surface area contributed by atoms with Gasteiger partial charge >= 0.3 is 0 Å². The number of thioether (sulfide) groups is 1. The lowest BCUT2D eigenvalue weighted by Crippen LogP contribution is -2.17. The number of nitrogens with zero attached hydrogens (tertiary/aromatic N) is 3. The lowest BCUT2D eigenvalue weighted by molar-refractivity contribution is -0.116. The minimum absolute atomic E-state index is 0.126. The van der Waals surface area contributed by atoms with E-state index in [0.717, 1.165) is 5.82 Å². The van der Waals surface area contributed by atoms with Crippen LogP contribution in [0.25, 0.3) is 0 Å². The van der Waals surface area contributed by atoms with Gasteiger partial charge in [0.2, 0.25) is 0 Å². The van der Waals surface area contributed by atoms with E-state index in [1.165, 1.54) is 6.33 Å². The van der Waals surface area contributed by atoms with E-state index in [1.54, 1.807) is 16.4 Å². The van der Waals surface area contributed by atoms with Crippen LogP contribution in [0.2, 0.25) is 0 Å².